The van der Waals surface area contributed by atoms with E-state index in [9.17, 15) is 4.79 Å². The van der Waals surface area contributed by atoms with Crippen molar-refractivity contribution in [3.63, 3.8) is 0 Å². The molecule has 0 aromatic carbocycles. The molecule has 0 spiro atoms. The largest absolute Gasteiger partial charge is 0.344 e. The van der Waals surface area contributed by atoms with Gasteiger partial charge in [-0.3, -0.25) is 4.79 Å². The summed E-state index contributed by atoms with van der Waals surface area (Å²) in [5.41, 5.74) is 5.60. The molecule has 0 saturated heterocycles. The van der Waals surface area contributed by atoms with Gasteiger partial charge in [-0.25, -0.2) is 0 Å². The molecule has 0 aliphatic heterocycles. The van der Waals surface area contributed by atoms with Crippen molar-refractivity contribution in [3.8, 4) is 0 Å². The zero-order chi connectivity index (χ0) is 12.0. The van der Waals surface area contributed by atoms with Crippen LogP contribution in [0.15, 0.2) is 0 Å². The Labute approximate surface area is 104 Å². The van der Waals surface area contributed by atoms with Gasteiger partial charge in [0.25, 0.3) is 0 Å². The van der Waals surface area contributed by atoms with E-state index in [-0.39, 0.29) is 5.91 Å². The zero-order valence-corrected chi connectivity index (χ0v) is 10.8. The Balaban J connectivity index is 1.56. The van der Waals surface area contributed by atoms with E-state index >= 15 is 0 Å². The summed E-state index contributed by atoms with van der Waals surface area (Å²) in [7, 11) is 1.95. The summed E-state index contributed by atoms with van der Waals surface area (Å²) < 4.78 is 0. The quantitative estimate of drug-likeness (QED) is 0.811. The van der Waals surface area contributed by atoms with E-state index in [0.717, 1.165) is 43.6 Å². The molecule has 3 nitrogen and oxygen atoms in total. The molecule has 96 valence electrons. The number of hydrogen-bond donors (Lipinski definition) is 1. The fourth-order valence-corrected chi connectivity index (χ4v) is 4.19. The molecule has 2 N–H and O–H groups in total. The third-order valence-corrected chi connectivity index (χ3v) is 5.41. The minimum atomic E-state index is -0.508. The van der Waals surface area contributed by atoms with E-state index in [1.807, 2.05) is 11.9 Å². The van der Waals surface area contributed by atoms with Crippen LogP contribution in [0.2, 0.25) is 0 Å². The number of nitrogens with zero attached hydrogens (tertiary/aromatic N) is 1. The highest BCUT2D eigenvalue weighted by Gasteiger charge is 2.44. The first kappa shape index (κ1) is 11.5. The van der Waals surface area contributed by atoms with Crippen molar-refractivity contribution in [3.05, 3.63) is 0 Å². The second-order valence-corrected chi connectivity index (χ2v) is 6.63. The summed E-state index contributed by atoms with van der Waals surface area (Å²) in [6.45, 7) is 0.943. The molecule has 1 amide bonds. The molecule has 3 rings (SSSR count). The van der Waals surface area contributed by atoms with Crippen molar-refractivity contribution in [1.82, 2.24) is 4.90 Å². The van der Waals surface area contributed by atoms with Crippen LogP contribution in [-0.2, 0) is 4.79 Å². The molecule has 2 bridgehead atoms. The number of hydrogen-bond acceptors (Lipinski definition) is 2. The van der Waals surface area contributed by atoms with Gasteiger partial charge in [0.1, 0.15) is 0 Å². The van der Waals surface area contributed by atoms with Crippen LogP contribution < -0.4 is 5.73 Å². The molecule has 0 aromatic heterocycles. The van der Waals surface area contributed by atoms with E-state index in [4.69, 9.17) is 5.73 Å². The fraction of sp³-hybridized carbons (Fsp3) is 0.929. The van der Waals surface area contributed by atoms with Crippen molar-refractivity contribution in [1.29, 1.82) is 0 Å². The molecule has 3 aliphatic carbocycles. The normalized spacial score (nSPS) is 37.9. The first-order chi connectivity index (χ1) is 8.08. The van der Waals surface area contributed by atoms with Crippen LogP contribution in [0.4, 0.5) is 0 Å². The highest BCUT2D eigenvalue weighted by atomic mass is 16.2. The summed E-state index contributed by atoms with van der Waals surface area (Å²) in [6.07, 6.45) is 8.47. The maximum absolute atomic E-state index is 12.2. The van der Waals surface area contributed by atoms with Gasteiger partial charge in [-0.05, 0) is 56.3 Å². The lowest BCUT2D eigenvalue weighted by Crippen LogP contribution is -2.59. The minimum absolute atomic E-state index is 0.187. The number of carbonyl (C=O) groups is 1. The predicted molar refractivity (Wildman–Crippen MR) is 67.3 cm³/mol. The molecule has 3 heteroatoms. The average molecular weight is 236 g/mol. The third kappa shape index (κ3) is 1.88. The van der Waals surface area contributed by atoms with E-state index < -0.39 is 5.54 Å². The Bertz CT molecular complexity index is 324. The molecular weight excluding hydrogens is 212 g/mol. The number of fused-ring (bicyclic) bond motifs is 2. The van der Waals surface area contributed by atoms with Gasteiger partial charge in [-0.2, -0.15) is 0 Å². The maximum Gasteiger partial charge on any atom is 0.242 e. The summed E-state index contributed by atoms with van der Waals surface area (Å²) in [5.74, 6) is 2.80. The van der Waals surface area contributed by atoms with E-state index in [1.165, 1.54) is 25.7 Å². The summed E-state index contributed by atoms with van der Waals surface area (Å²) in [5, 5.41) is 0. The van der Waals surface area contributed by atoms with Gasteiger partial charge in [-0.1, -0.05) is 6.42 Å². The molecule has 17 heavy (non-hydrogen) atoms. The maximum atomic E-state index is 12.2. The van der Waals surface area contributed by atoms with Crippen LogP contribution in [0, 0.1) is 17.8 Å². The summed E-state index contributed by atoms with van der Waals surface area (Å²) in [6, 6.07) is 0. The van der Waals surface area contributed by atoms with Crippen LogP contribution in [0.3, 0.4) is 0 Å². The minimum Gasteiger partial charge on any atom is -0.344 e. The van der Waals surface area contributed by atoms with Gasteiger partial charge < -0.3 is 10.6 Å². The lowest BCUT2D eigenvalue weighted by Gasteiger charge is -2.40. The van der Waals surface area contributed by atoms with Crippen LogP contribution in [-0.4, -0.2) is 29.9 Å². The standard InChI is InChI=1S/C14H24N2O/c1-16(13(17)14(15)5-2-6-14)9-12-8-10-3-4-11(12)7-10/h10-12H,2-9,15H2,1H3. The van der Waals surface area contributed by atoms with Gasteiger partial charge in [0.2, 0.25) is 5.91 Å². The first-order valence-electron chi connectivity index (χ1n) is 7.13. The molecule has 3 saturated carbocycles. The Hall–Kier alpha value is -0.570. The Morgan fingerprint density at radius 1 is 1.35 bits per heavy atom. The Kier molecular flexibility index (Phi) is 2.69. The van der Waals surface area contributed by atoms with E-state index in [1.54, 1.807) is 0 Å². The van der Waals surface area contributed by atoms with Crippen molar-refractivity contribution in [2.24, 2.45) is 23.5 Å². The SMILES string of the molecule is CN(CC1CC2CCC1C2)C(=O)C1(N)CCC1. The lowest BCUT2D eigenvalue weighted by molar-refractivity contribution is -0.139. The molecule has 3 aliphatic rings. The second kappa shape index (κ2) is 3.98. The average Bonchev–Trinajstić information content (AvgIpc) is 2.86. The van der Waals surface area contributed by atoms with E-state index in [2.05, 4.69) is 0 Å². The molecule has 3 unspecified atom stereocenters. The highest BCUT2D eigenvalue weighted by molar-refractivity contribution is 5.86. The van der Waals surface area contributed by atoms with Gasteiger partial charge in [0.15, 0.2) is 0 Å². The Morgan fingerprint density at radius 3 is 2.59 bits per heavy atom. The van der Waals surface area contributed by atoms with Crippen molar-refractivity contribution in [2.75, 3.05) is 13.6 Å². The number of likely N-dealkylation sites (N-methyl/N-ethyl adjacent to an activating group) is 1. The van der Waals surface area contributed by atoms with Crippen LogP contribution >= 0.6 is 0 Å². The lowest BCUT2D eigenvalue weighted by atomic mass is 9.76. The monoisotopic (exact) mass is 236 g/mol. The molecule has 3 fully saturated rings. The smallest absolute Gasteiger partial charge is 0.242 e. The summed E-state index contributed by atoms with van der Waals surface area (Å²) >= 11 is 0. The number of nitrogens with two attached hydrogens (primary N) is 1. The highest BCUT2D eigenvalue weighted by Crippen LogP contribution is 2.48. The van der Waals surface area contributed by atoms with Gasteiger partial charge in [0.05, 0.1) is 5.54 Å². The number of rotatable bonds is 3. The first-order valence-corrected chi connectivity index (χ1v) is 7.13. The van der Waals surface area contributed by atoms with Gasteiger partial charge >= 0.3 is 0 Å². The van der Waals surface area contributed by atoms with Gasteiger partial charge in [-0.15, -0.1) is 0 Å². The molecule has 0 heterocycles. The molecule has 3 atom stereocenters. The fourth-order valence-electron chi connectivity index (χ4n) is 4.19. The predicted octanol–water partition coefficient (Wildman–Crippen LogP) is 1.76. The molecular formula is C14H24N2O. The molecule has 0 radical (unpaired) electrons. The number of carbonyl (C=O) groups excluding carboxylic acids is 1. The molecule has 0 aromatic rings. The van der Waals surface area contributed by atoms with Crippen LogP contribution in [0.25, 0.3) is 0 Å². The third-order valence-electron chi connectivity index (χ3n) is 5.41. The number of amides is 1. The Morgan fingerprint density at radius 2 is 2.12 bits per heavy atom. The second-order valence-electron chi connectivity index (χ2n) is 6.63. The van der Waals surface area contributed by atoms with Crippen molar-refractivity contribution < 1.29 is 4.79 Å². The van der Waals surface area contributed by atoms with Crippen molar-refractivity contribution >= 4 is 5.91 Å². The van der Waals surface area contributed by atoms with Gasteiger partial charge in [0, 0.05) is 13.6 Å². The van der Waals surface area contributed by atoms with Crippen LogP contribution in [0.5, 0.6) is 0 Å². The zero-order valence-electron chi connectivity index (χ0n) is 10.8. The topological polar surface area (TPSA) is 46.3 Å². The summed E-state index contributed by atoms with van der Waals surface area (Å²) in [4.78, 5) is 14.2. The van der Waals surface area contributed by atoms with Crippen molar-refractivity contribution in [2.45, 2.75) is 50.5 Å². The van der Waals surface area contributed by atoms with E-state index in [0.29, 0.717) is 0 Å². The van der Waals surface area contributed by atoms with Crippen LogP contribution in [0.1, 0.15) is 44.9 Å².